The zero-order valence-electron chi connectivity index (χ0n) is 15.3. The van der Waals surface area contributed by atoms with E-state index in [9.17, 15) is 9.90 Å². The van der Waals surface area contributed by atoms with Gasteiger partial charge in [-0.15, -0.1) is 11.3 Å². The van der Waals surface area contributed by atoms with Crippen molar-refractivity contribution in [1.29, 1.82) is 0 Å². The molecular weight excluding hydrogens is 358 g/mol. The summed E-state index contributed by atoms with van der Waals surface area (Å²) in [5.41, 5.74) is 4.42. The maximum absolute atomic E-state index is 12.8. The molecule has 4 rings (SSSR count). The third-order valence-electron chi connectivity index (χ3n) is 5.13. The van der Waals surface area contributed by atoms with E-state index in [1.165, 1.54) is 0 Å². The summed E-state index contributed by atoms with van der Waals surface area (Å²) >= 11 is 1.64. The highest BCUT2D eigenvalue weighted by Gasteiger charge is 2.25. The lowest BCUT2D eigenvalue weighted by molar-refractivity contribution is 0.0714. The number of nitrogens with one attached hydrogen (secondary N) is 1. The Morgan fingerprint density at radius 3 is 2.93 bits per heavy atom. The van der Waals surface area contributed by atoms with Gasteiger partial charge in [0.25, 0.3) is 5.91 Å². The molecule has 1 saturated carbocycles. The number of carbonyl (C=O) groups is 1. The van der Waals surface area contributed by atoms with Crippen LogP contribution in [0.3, 0.4) is 0 Å². The predicted molar refractivity (Wildman–Crippen MR) is 107 cm³/mol. The first kappa shape index (κ1) is 18.1. The Balaban J connectivity index is 1.61. The van der Waals surface area contributed by atoms with Crippen LogP contribution in [-0.2, 0) is 6.42 Å². The highest BCUT2D eigenvalue weighted by atomic mass is 32.1. The summed E-state index contributed by atoms with van der Waals surface area (Å²) < 4.78 is 1.10. The Morgan fingerprint density at radius 2 is 2.15 bits per heavy atom. The third kappa shape index (κ3) is 4.01. The van der Waals surface area contributed by atoms with Crippen LogP contribution >= 0.6 is 11.3 Å². The van der Waals surface area contributed by atoms with E-state index in [2.05, 4.69) is 21.4 Å². The van der Waals surface area contributed by atoms with Crippen LogP contribution in [0.15, 0.2) is 35.8 Å². The van der Waals surface area contributed by atoms with Crippen LogP contribution in [0.25, 0.3) is 10.2 Å². The molecule has 1 aliphatic rings. The molecule has 0 spiro atoms. The molecule has 6 heteroatoms. The number of fused-ring (bicyclic) bond motifs is 1. The normalized spacial score (nSPS) is 19.9. The second-order valence-corrected chi connectivity index (χ2v) is 8.13. The molecule has 27 heavy (non-hydrogen) atoms. The number of carbonyl (C=O) groups excluding carboxylic acids is 1. The number of pyridine rings is 2. The number of aromatic nitrogens is 2. The lowest BCUT2D eigenvalue weighted by atomic mass is 9.92. The van der Waals surface area contributed by atoms with Gasteiger partial charge in [0.1, 0.15) is 5.69 Å². The van der Waals surface area contributed by atoms with Gasteiger partial charge >= 0.3 is 0 Å². The summed E-state index contributed by atoms with van der Waals surface area (Å²) in [5, 5.41) is 15.1. The summed E-state index contributed by atoms with van der Waals surface area (Å²) in [5.74, 6) is -0.211. The molecular formula is C21H23N3O2S. The lowest BCUT2D eigenvalue weighted by Crippen LogP contribution is -2.45. The molecule has 3 heterocycles. The van der Waals surface area contributed by atoms with Gasteiger partial charge in [-0.1, -0.05) is 18.9 Å². The number of hydrogen-bond donors (Lipinski definition) is 2. The second-order valence-electron chi connectivity index (χ2n) is 7.22. The van der Waals surface area contributed by atoms with Gasteiger partial charge in [0.05, 0.1) is 22.4 Å². The number of nitrogens with zero attached hydrogens (tertiary/aromatic N) is 2. The minimum atomic E-state index is -0.467. The van der Waals surface area contributed by atoms with Crippen LogP contribution in [0, 0.1) is 6.92 Å². The van der Waals surface area contributed by atoms with Crippen molar-refractivity contribution in [1.82, 2.24) is 15.3 Å². The standard InChI is InChI=1S/C21H23N3O2S/c1-13-6-7-14(12-22-13)10-15-11-18(23-17-8-9-27-20(15)17)21(26)24-16-4-2-3-5-19(16)25/h6-9,11-12,16,19,25H,2-5,10H2,1H3,(H,24,26)/t16-,19-/m0/s1. The lowest BCUT2D eigenvalue weighted by Gasteiger charge is -2.28. The minimum absolute atomic E-state index is 0.184. The van der Waals surface area contributed by atoms with Crippen molar-refractivity contribution in [3.8, 4) is 0 Å². The number of thiophene rings is 1. The summed E-state index contributed by atoms with van der Waals surface area (Å²) in [6.45, 7) is 1.97. The van der Waals surface area contributed by atoms with Crippen molar-refractivity contribution in [2.75, 3.05) is 0 Å². The summed E-state index contributed by atoms with van der Waals surface area (Å²) in [6, 6.07) is 7.71. The van der Waals surface area contributed by atoms with E-state index in [1.807, 2.05) is 36.7 Å². The molecule has 0 aliphatic heterocycles. The van der Waals surface area contributed by atoms with E-state index in [1.54, 1.807) is 11.3 Å². The fourth-order valence-corrected chi connectivity index (χ4v) is 4.47. The van der Waals surface area contributed by atoms with E-state index >= 15 is 0 Å². The maximum Gasteiger partial charge on any atom is 0.270 e. The predicted octanol–water partition coefficient (Wildman–Crippen LogP) is 3.62. The number of amides is 1. The molecule has 0 radical (unpaired) electrons. The van der Waals surface area contributed by atoms with Gasteiger partial charge in [0, 0.05) is 18.3 Å². The van der Waals surface area contributed by atoms with Crippen LogP contribution in [0.1, 0.15) is 53.0 Å². The Bertz CT molecular complexity index is 952. The first-order valence-corrected chi connectivity index (χ1v) is 10.3. The maximum atomic E-state index is 12.8. The second kappa shape index (κ2) is 7.74. The first-order valence-electron chi connectivity index (χ1n) is 9.38. The molecule has 0 bridgehead atoms. The van der Waals surface area contributed by atoms with Crippen LogP contribution in [0.2, 0.25) is 0 Å². The number of aliphatic hydroxyl groups is 1. The van der Waals surface area contributed by atoms with Crippen LogP contribution in [0.5, 0.6) is 0 Å². The molecule has 0 saturated heterocycles. The largest absolute Gasteiger partial charge is 0.391 e. The zero-order chi connectivity index (χ0) is 18.8. The molecule has 0 aromatic carbocycles. The smallest absolute Gasteiger partial charge is 0.270 e. The van der Waals surface area contributed by atoms with Crippen LogP contribution in [-0.4, -0.2) is 33.1 Å². The van der Waals surface area contributed by atoms with Gasteiger partial charge in [-0.3, -0.25) is 9.78 Å². The molecule has 1 fully saturated rings. The van der Waals surface area contributed by atoms with Gasteiger partial charge < -0.3 is 10.4 Å². The average Bonchev–Trinajstić information content (AvgIpc) is 3.14. The van der Waals surface area contributed by atoms with Crippen molar-refractivity contribution < 1.29 is 9.90 Å². The summed E-state index contributed by atoms with van der Waals surface area (Å²) in [6.07, 6.45) is 5.73. The monoisotopic (exact) mass is 381 g/mol. The van der Waals surface area contributed by atoms with Crippen molar-refractivity contribution in [2.45, 2.75) is 51.2 Å². The Kier molecular flexibility index (Phi) is 5.18. The van der Waals surface area contributed by atoms with Crippen molar-refractivity contribution in [3.63, 3.8) is 0 Å². The summed E-state index contributed by atoms with van der Waals surface area (Å²) in [4.78, 5) is 21.7. The Morgan fingerprint density at radius 1 is 1.30 bits per heavy atom. The van der Waals surface area contributed by atoms with E-state index in [0.717, 1.165) is 52.7 Å². The van der Waals surface area contributed by atoms with Gasteiger partial charge in [-0.05, 0) is 54.5 Å². The van der Waals surface area contributed by atoms with Crippen LogP contribution in [0.4, 0.5) is 0 Å². The van der Waals surface area contributed by atoms with E-state index in [0.29, 0.717) is 12.1 Å². The molecule has 1 amide bonds. The number of rotatable bonds is 4. The quantitative estimate of drug-likeness (QED) is 0.724. The Hall–Kier alpha value is -2.31. The molecule has 5 nitrogen and oxygen atoms in total. The molecule has 2 atom stereocenters. The summed E-state index contributed by atoms with van der Waals surface area (Å²) in [7, 11) is 0. The van der Waals surface area contributed by atoms with Gasteiger partial charge in [-0.2, -0.15) is 0 Å². The molecule has 0 unspecified atom stereocenters. The molecule has 3 aromatic heterocycles. The van der Waals surface area contributed by atoms with Gasteiger partial charge in [0.15, 0.2) is 0 Å². The number of aryl methyl sites for hydroxylation is 1. The van der Waals surface area contributed by atoms with Crippen LogP contribution < -0.4 is 5.32 Å². The fraction of sp³-hybridized carbons (Fsp3) is 0.381. The first-order chi connectivity index (χ1) is 13.1. The van der Waals surface area contributed by atoms with E-state index < -0.39 is 6.10 Å². The highest BCUT2D eigenvalue weighted by molar-refractivity contribution is 7.17. The molecule has 1 aliphatic carbocycles. The fourth-order valence-electron chi connectivity index (χ4n) is 3.62. The van der Waals surface area contributed by atoms with Crippen molar-refractivity contribution in [3.05, 3.63) is 58.4 Å². The van der Waals surface area contributed by atoms with Gasteiger partial charge in [0.2, 0.25) is 0 Å². The number of aliphatic hydroxyl groups excluding tert-OH is 1. The van der Waals surface area contributed by atoms with Crippen molar-refractivity contribution in [2.24, 2.45) is 0 Å². The minimum Gasteiger partial charge on any atom is -0.391 e. The number of hydrogen-bond acceptors (Lipinski definition) is 5. The van der Waals surface area contributed by atoms with E-state index in [-0.39, 0.29) is 11.9 Å². The zero-order valence-corrected chi connectivity index (χ0v) is 16.1. The Labute approximate surface area is 162 Å². The average molecular weight is 382 g/mol. The topological polar surface area (TPSA) is 75.1 Å². The molecule has 2 N–H and O–H groups in total. The molecule has 140 valence electrons. The van der Waals surface area contributed by atoms with Gasteiger partial charge in [-0.25, -0.2) is 4.98 Å². The SMILES string of the molecule is Cc1ccc(Cc2cc(C(=O)N[C@H]3CCCC[C@@H]3O)nc3ccsc23)cn1. The third-order valence-corrected chi connectivity index (χ3v) is 6.11. The molecule has 3 aromatic rings. The van der Waals surface area contributed by atoms with Crippen molar-refractivity contribution >= 4 is 27.5 Å². The highest BCUT2D eigenvalue weighted by Crippen LogP contribution is 2.27. The van der Waals surface area contributed by atoms with E-state index in [4.69, 9.17) is 0 Å².